The molecule has 0 atom stereocenters. The Balaban J connectivity index is 1.32. The molecule has 0 radical (unpaired) electrons. The maximum Gasteiger partial charge on any atom is 0.338 e. The summed E-state index contributed by atoms with van der Waals surface area (Å²) in [5, 5.41) is 1.02. The van der Waals surface area contributed by atoms with Gasteiger partial charge in [-0.05, 0) is 42.1 Å². The molecule has 0 bridgehead atoms. The van der Waals surface area contributed by atoms with Crippen molar-refractivity contribution in [3.63, 3.8) is 0 Å². The van der Waals surface area contributed by atoms with Crippen molar-refractivity contribution in [2.24, 2.45) is 0 Å². The zero-order chi connectivity index (χ0) is 18.1. The largest absolute Gasteiger partial charge is 0.462 e. The number of aromatic amines is 1. The van der Waals surface area contributed by atoms with Gasteiger partial charge in [0, 0.05) is 18.3 Å². The molecule has 1 aromatic heterocycles. The first-order chi connectivity index (χ1) is 12.6. The minimum atomic E-state index is -0.427. The SMILES string of the molecule is O=C(OCCCN1C(=O)c2ccccc2C1=O)c1ccc2cc[nH]c2c1. The van der Waals surface area contributed by atoms with Gasteiger partial charge in [0.2, 0.25) is 0 Å². The van der Waals surface area contributed by atoms with E-state index in [0.29, 0.717) is 23.1 Å². The smallest absolute Gasteiger partial charge is 0.338 e. The van der Waals surface area contributed by atoms with Crippen LogP contribution in [0.5, 0.6) is 0 Å². The number of aromatic nitrogens is 1. The molecule has 1 N–H and O–H groups in total. The topological polar surface area (TPSA) is 79.5 Å². The number of amides is 2. The third-order valence-corrected chi connectivity index (χ3v) is 4.43. The van der Waals surface area contributed by atoms with Crippen molar-refractivity contribution in [2.45, 2.75) is 6.42 Å². The van der Waals surface area contributed by atoms with Crippen LogP contribution in [0.15, 0.2) is 54.7 Å². The molecule has 0 spiro atoms. The van der Waals surface area contributed by atoms with Crippen molar-refractivity contribution >= 4 is 28.7 Å². The third-order valence-electron chi connectivity index (χ3n) is 4.43. The van der Waals surface area contributed by atoms with Crippen molar-refractivity contribution < 1.29 is 19.1 Å². The van der Waals surface area contributed by atoms with Gasteiger partial charge in [-0.15, -0.1) is 0 Å². The first-order valence-corrected chi connectivity index (χ1v) is 8.34. The zero-order valence-corrected chi connectivity index (χ0v) is 13.9. The number of imide groups is 1. The van der Waals surface area contributed by atoms with Crippen LogP contribution >= 0.6 is 0 Å². The number of carbonyl (C=O) groups is 3. The lowest BCUT2D eigenvalue weighted by atomic mass is 10.1. The van der Waals surface area contributed by atoms with Crippen LogP contribution < -0.4 is 0 Å². The fourth-order valence-corrected chi connectivity index (χ4v) is 3.09. The first-order valence-electron chi connectivity index (χ1n) is 8.34. The standard InChI is InChI=1S/C20H16N2O4/c23-18-15-4-1-2-5-16(15)19(24)22(18)10-3-11-26-20(25)14-7-6-13-8-9-21-17(13)12-14/h1-2,4-9,12,21H,3,10-11H2. The van der Waals surface area contributed by atoms with Crippen LogP contribution in [0, 0.1) is 0 Å². The number of nitrogens with zero attached hydrogens (tertiary/aromatic N) is 1. The summed E-state index contributed by atoms with van der Waals surface area (Å²) >= 11 is 0. The second-order valence-electron chi connectivity index (χ2n) is 6.08. The molecule has 6 nitrogen and oxygen atoms in total. The van der Waals surface area contributed by atoms with E-state index in [9.17, 15) is 14.4 Å². The summed E-state index contributed by atoms with van der Waals surface area (Å²) in [7, 11) is 0. The van der Waals surface area contributed by atoms with Crippen molar-refractivity contribution in [1.29, 1.82) is 0 Å². The summed E-state index contributed by atoms with van der Waals surface area (Å²) in [6.45, 7) is 0.351. The Hall–Kier alpha value is -3.41. The third kappa shape index (κ3) is 2.75. The molecule has 2 aromatic carbocycles. The maximum absolute atomic E-state index is 12.2. The summed E-state index contributed by atoms with van der Waals surface area (Å²) in [6, 6.07) is 14.0. The highest BCUT2D eigenvalue weighted by Crippen LogP contribution is 2.22. The van der Waals surface area contributed by atoms with Crippen LogP contribution in [0.3, 0.4) is 0 Å². The van der Waals surface area contributed by atoms with Gasteiger partial charge in [0.15, 0.2) is 0 Å². The molecule has 6 heteroatoms. The summed E-state index contributed by atoms with van der Waals surface area (Å²) in [4.78, 5) is 40.9. The summed E-state index contributed by atoms with van der Waals surface area (Å²) in [5.41, 5.74) is 2.17. The molecule has 0 fully saturated rings. The molecule has 26 heavy (non-hydrogen) atoms. The molecule has 0 saturated carbocycles. The van der Waals surface area contributed by atoms with Crippen molar-refractivity contribution in [3.05, 3.63) is 71.4 Å². The average Bonchev–Trinajstić information content (AvgIpc) is 3.23. The second-order valence-corrected chi connectivity index (χ2v) is 6.08. The number of esters is 1. The zero-order valence-electron chi connectivity index (χ0n) is 13.9. The molecular formula is C20H16N2O4. The van der Waals surface area contributed by atoms with E-state index in [1.807, 2.05) is 18.3 Å². The number of nitrogens with one attached hydrogen (secondary N) is 1. The van der Waals surface area contributed by atoms with Gasteiger partial charge in [0.1, 0.15) is 0 Å². The molecule has 0 unspecified atom stereocenters. The Bertz CT molecular complexity index is 986. The van der Waals surface area contributed by atoms with E-state index in [-0.39, 0.29) is 25.0 Å². The van der Waals surface area contributed by atoms with Gasteiger partial charge in [-0.2, -0.15) is 0 Å². The fraction of sp³-hybridized carbons (Fsp3) is 0.150. The molecule has 1 aliphatic rings. The van der Waals surface area contributed by atoms with E-state index < -0.39 is 5.97 Å². The number of fused-ring (bicyclic) bond motifs is 2. The van der Waals surface area contributed by atoms with Crippen LogP contribution in [0.25, 0.3) is 10.9 Å². The molecule has 130 valence electrons. The van der Waals surface area contributed by atoms with Crippen LogP contribution in [0.1, 0.15) is 37.5 Å². The average molecular weight is 348 g/mol. The maximum atomic E-state index is 12.2. The Morgan fingerprint density at radius 2 is 1.73 bits per heavy atom. The van der Waals surface area contributed by atoms with Crippen molar-refractivity contribution in [2.75, 3.05) is 13.2 Å². The Morgan fingerprint density at radius 3 is 2.46 bits per heavy atom. The number of carbonyl (C=O) groups excluding carboxylic acids is 3. The summed E-state index contributed by atoms with van der Waals surface area (Å²) in [6.07, 6.45) is 2.20. The van der Waals surface area contributed by atoms with Crippen LogP contribution in [0.2, 0.25) is 0 Å². The predicted octanol–water partition coefficient (Wildman–Crippen LogP) is 3.01. The normalized spacial score (nSPS) is 13.3. The van der Waals surface area contributed by atoms with E-state index in [1.54, 1.807) is 36.4 Å². The highest BCUT2D eigenvalue weighted by Gasteiger charge is 2.34. The van der Waals surface area contributed by atoms with E-state index >= 15 is 0 Å². The van der Waals surface area contributed by atoms with Gasteiger partial charge in [0.25, 0.3) is 11.8 Å². The van der Waals surface area contributed by atoms with Gasteiger partial charge in [-0.25, -0.2) is 4.79 Å². The number of hydrogen-bond acceptors (Lipinski definition) is 4. The van der Waals surface area contributed by atoms with Crippen molar-refractivity contribution in [1.82, 2.24) is 9.88 Å². The number of benzene rings is 2. The lowest BCUT2D eigenvalue weighted by Crippen LogP contribution is -2.31. The van der Waals surface area contributed by atoms with Gasteiger partial charge in [-0.3, -0.25) is 14.5 Å². The minimum absolute atomic E-state index is 0.134. The number of ether oxygens (including phenoxy) is 1. The predicted molar refractivity (Wildman–Crippen MR) is 95.0 cm³/mol. The molecule has 0 aliphatic carbocycles. The highest BCUT2D eigenvalue weighted by molar-refractivity contribution is 6.21. The summed E-state index contributed by atoms with van der Waals surface area (Å²) in [5.74, 6) is -1.02. The quantitative estimate of drug-likeness (QED) is 0.437. The molecule has 3 aromatic rings. The highest BCUT2D eigenvalue weighted by atomic mass is 16.5. The lowest BCUT2D eigenvalue weighted by Gasteiger charge is -2.13. The lowest BCUT2D eigenvalue weighted by molar-refractivity contribution is 0.0482. The summed E-state index contributed by atoms with van der Waals surface area (Å²) < 4.78 is 5.26. The van der Waals surface area contributed by atoms with Crippen LogP contribution in [-0.4, -0.2) is 40.8 Å². The van der Waals surface area contributed by atoms with Crippen molar-refractivity contribution in [3.8, 4) is 0 Å². The van der Waals surface area contributed by atoms with Crippen LogP contribution in [-0.2, 0) is 4.74 Å². The fourth-order valence-electron chi connectivity index (χ4n) is 3.09. The Morgan fingerprint density at radius 1 is 1.00 bits per heavy atom. The molecule has 2 heterocycles. The monoisotopic (exact) mass is 348 g/mol. The van der Waals surface area contributed by atoms with Gasteiger partial charge in [-0.1, -0.05) is 18.2 Å². The van der Waals surface area contributed by atoms with Gasteiger partial charge >= 0.3 is 5.97 Å². The van der Waals surface area contributed by atoms with E-state index in [0.717, 1.165) is 10.9 Å². The van der Waals surface area contributed by atoms with E-state index in [2.05, 4.69) is 4.98 Å². The number of hydrogen-bond donors (Lipinski definition) is 1. The molecule has 4 rings (SSSR count). The van der Waals surface area contributed by atoms with E-state index in [1.165, 1.54) is 4.90 Å². The first kappa shape index (κ1) is 16.1. The molecule has 1 aliphatic heterocycles. The Kier molecular flexibility index (Phi) is 4.01. The van der Waals surface area contributed by atoms with Gasteiger partial charge < -0.3 is 9.72 Å². The van der Waals surface area contributed by atoms with E-state index in [4.69, 9.17) is 4.74 Å². The molecule has 0 saturated heterocycles. The number of H-pyrrole nitrogens is 1. The van der Waals surface area contributed by atoms with Gasteiger partial charge in [0.05, 0.1) is 23.3 Å². The molecular weight excluding hydrogens is 332 g/mol. The Labute approximate surface area is 149 Å². The second kappa shape index (κ2) is 6.48. The minimum Gasteiger partial charge on any atom is -0.462 e. The number of rotatable bonds is 5. The van der Waals surface area contributed by atoms with Crippen LogP contribution in [0.4, 0.5) is 0 Å². The molecule has 2 amide bonds.